The zero-order valence-corrected chi connectivity index (χ0v) is 15.5. The van der Waals surface area contributed by atoms with Gasteiger partial charge >= 0.3 is 5.97 Å². The third-order valence-corrected chi connectivity index (χ3v) is 5.88. The molecule has 0 aliphatic heterocycles. The summed E-state index contributed by atoms with van der Waals surface area (Å²) in [6.45, 7) is 3.72. The molecule has 0 bridgehead atoms. The molecule has 0 heterocycles. The summed E-state index contributed by atoms with van der Waals surface area (Å²) in [5.41, 5.74) is 1.39. The van der Waals surface area contributed by atoms with E-state index < -0.39 is 13.3 Å². The number of unbranched alkanes of at least 4 members (excludes halogenated alkanes) is 3. The molecule has 134 valence electrons. The summed E-state index contributed by atoms with van der Waals surface area (Å²) in [5.74, 6) is -1.01. The Morgan fingerprint density at radius 3 is 2.42 bits per heavy atom. The predicted molar refractivity (Wildman–Crippen MR) is 98.7 cm³/mol. The summed E-state index contributed by atoms with van der Waals surface area (Å²) < 4.78 is 12.1. The van der Waals surface area contributed by atoms with Crippen LogP contribution in [-0.4, -0.2) is 28.3 Å². The number of hydrogen-bond donors (Lipinski definition) is 2. The van der Waals surface area contributed by atoms with Crippen LogP contribution < -0.4 is 0 Å². The van der Waals surface area contributed by atoms with E-state index in [4.69, 9.17) is 0 Å². The van der Waals surface area contributed by atoms with Gasteiger partial charge in [0.2, 0.25) is 7.37 Å². The topological polar surface area (TPSA) is 74.6 Å². The lowest BCUT2D eigenvalue weighted by atomic mass is 10.1. The van der Waals surface area contributed by atoms with Crippen LogP contribution in [-0.2, 0) is 15.8 Å². The molecule has 1 rings (SSSR count). The molecule has 5 heteroatoms. The van der Waals surface area contributed by atoms with Crippen molar-refractivity contribution >= 4 is 13.3 Å². The number of carboxylic acid groups (broad SMARTS) is 1. The molecule has 0 aliphatic carbocycles. The maximum atomic E-state index is 12.1. The Morgan fingerprint density at radius 1 is 1.17 bits per heavy atom. The number of benzene rings is 1. The molecule has 1 aromatic rings. The maximum absolute atomic E-state index is 12.1. The third-order valence-electron chi connectivity index (χ3n) is 3.75. The fraction of sp³-hybridized carbons (Fsp3) is 0.526. The van der Waals surface area contributed by atoms with E-state index in [0.29, 0.717) is 6.42 Å². The fourth-order valence-corrected chi connectivity index (χ4v) is 4.76. The van der Waals surface area contributed by atoms with E-state index in [1.54, 1.807) is 6.08 Å². The molecular formula is C19H29O4P. The van der Waals surface area contributed by atoms with E-state index in [1.165, 1.54) is 5.56 Å². The molecule has 1 atom stereocenters. The molecular weight excluding hydrogens is 323 g/mol. The first-order chi connectivity index (χ1) is 11.3. The van der Waals surface area contributed by atoms with Crippen LogP contribution in [0.25, 0.3) is 0 Å². The molecule has 0 saturated heterocycles. The van der Waals surface area contributed by atoms with Crippen molar-refractivity contribution in [3.05, 3.63) is 47.5 Å². The summed E-state index contributed by atoms with van der Waals surface area (Å²) in [4.78, 5) is 21.2. The van der Waals surface area contributed by atoms with Gasteiger partial charge in [0, 0.05) is 11.7 Å². The highest BCUT2D eigenvalue weighted by atomic mass is 31.2. The minimum Gasteiger partial charge on any atom is -0.478 e. The first-order valence-corrected chi connectivity index (χ1v) is 10.6. The number of hydrogen-bond acceptors (Lipinski definition) is 2. The van der Waals surface area contributed by atoms with Gasteiger partial charge in [-0.2, -0.15) is 0 Å². The average molecular weight is 352 g/mol. The van der Waals surface area contributed by atoms with Gasteiger partial charge in [-0.1, -0.05) is 56.7 Å². The lowest BCUT2D eigenvalue weighted by Gasteiger charge is -2.14. The molecule has 0 aliphatic rings. The van der Waals surface area contributed by atoms with Crippen molar-refractivity contribution in [3.63, 3.8) is 0 Å². The summed E-state index contributed by atoms with van der Waals surface area (Å²) in [6.07, 6.45) is 6.18. The standard InChI is InChI=1S/C19H29O4P/c1-16(2)14-24(22,23)15-18(19(20)21)13-9-4-3-6-10-17-11-7-5-8-12-17/h5,7-8,11-13,16H,3-4,6,9-10,14-15H2,1-2H3,(H,20,21)(H,22,23)/b18-13+. The zero-order chi connectivity index (χ0) is 18.0. The minimum absolute atomic E-state index is 0.0737. The fourth-order valence-electron chi connectivity index (χ4n) is 2.69. The molecule has 4 nitrogen and oxygen atoms in total. The van der Waals surface area contributed by atoms with Gasteiger partial charge in [0.1, 0.15) is 0 Å². The summed E-state index contributed by atoms with van der Waals surface area (Å²) in [6, 6.07) is 10.3. The van der Waals surface area contributed by atoms with Crippen molar-refractivity contribution in [1.29, 1.82) is 0 Å². The Balaban J connectivity index is 2.38. The lowest BCUT2D eigenvalue weighted by molar-refractivity contribution is -0.132. The third kappa shape index (κ3) is 9.05. The van der Waals surface area contributed by atoms with Gasteiger partial charge in [-0.25, -0.2) is 4.79 Å². The Morgan fingerprint density at radius 2 is 1.83 bits per heavy atom. The molecule has 0 aromatic heterocycles. The molecule has 0 radical (unpaired) electrons. The van der Waals surface area contributed by atoms with Gasteiger partial charge < -0.3 is 10.00 Å². The first-order valence-electron chi connectivity index (χ1n) is 8.57. The number of carbonyl (C=O) groups is 1. The largest absolute Gasteiger partial charge is 0.478 e. The molecule has 0 fully saturated rings. The van der Waals surface area contributed by atoms with Crippen LogP contribution in [0.15, 0.2) is 42.0 Å². The predicted octanol–water partition coefficient (Wildman–Crippen LogP) is 4.73. The molecule has 0 saturated carbocycles. The van der Waals surface area contributed by atoms with Crippen molar-refractivity contribution in [1.82, 2.24) is 0 Å². The van der Waals surface area contributed by atoms with Gasteiger partial charge in [-0.15, -0.1) is 0 Å². The van der Waals surface area contributed by atoms with Crippen molar-refractivity contribution in [2.24, 2.45) is 5.92 Å². The van der Waals surface area contributed by atoms with Crippen LogP contribution in [0.2, 0.25) is 0 Å². The van der Waals surface area contributed by atoms with E-state index in [-0.39, 0.29) is 23.8 Å². The van der Waals surface area contributed by atoms with E-state index in [1.807, 2.05) is 32.0 Å². The average Bonchev–Trinajstić information content (AvgIpc) is 2.49. The summed E-state index contributed by atoms with van der Waals surface area (Å²) in [7, 11) is -3.41. The van der Waals surface area contributed by atoms with Gasteiger partial charge in [-0.3, -0.25) is 4.57 Å². The van der Waals surface area contributed by atoms with E-state index in [9.17, 15) is 19.4 Å². The smallest absolute Gasteiger partial charge is 0.331 e. The van der Waals surface area contributed by atoms with Crippen LogP contribution in [0.5, 0.6) is 0 Å². The van der Waals surface area contributed by atoms with Crippen LogP contribution >= 0.6 is 7.37 Å². The molecule has 24 heavy (non-hydrogen) atoms. The second-order valence-electron chi connectivity index (χ2n) is 6.70. The first kappa shape index (κ1) is 20.7. The highest BCUT2D eigenvalue weighted by molar-refractivity contribution is 7.58. The second kappa shape index (κ2) is 10.5. The number of aryl methyl sites for hydroxylation is 1. The lowest BCUT2D eigenvalue weighted by Crippen LogP contribution is -2.09. The van der Waals surface area contributed by atoms with Crippen molar-refractivity contribution in [2.75, 3.05) is 12.3 Å². The monoisotopic (exact) mass is 352 g/mol. The minimum atomic E-state index is -3.41. The normalized spacial score (nSPS) is 14.6. The molecule has 2 N–H and O–H groups in total. The van der Waals surface area contributed by atoms with E-state index >= 15 is 0 Å². The van der Waals surface area contributed by atoms with Crippen LogP contribution in [0.1, 0.15) is 45.1 Å². The maximum Gasteiger partial charge on any atom is 0.331 e. The summed E-state index contributed by atoms with van der Waals surface area (Å²) >= 11 is 0. The van der Waals surface area contributed by atoms with Crippen molar-refractivity contribution < 1.29 is 19.4 Å². The Hall–Kier alpha value is -1.38. The van der Waals surface area contributed by atoms with Crippen LogP contribution in [0.4, 0.5) is 0 Å². The van der Waals surface area contributed by atoms with Crippen molar-refractivity contribution in [2.45, 2.75) is 46.0 Å². The number of aliphatic carboxylic acids is 1. The van der Waals surface area contributed by atoms with Gasteiger partial charge in [0.25, 0.3) is 0 Å². The van der Waals surface area contributed by atoms with E-state index in [2.05, 4.69) is 12.1 Å². The van der Waals surface area contributed by atoms with Gasteiger partial charge in [0.15, 0.2) is 0 Å². The number of carboxylic acids is 1. The van der Waals surface area contributed by atoms with Crippen LogP contribution in [0, 0.1) is 5.92 Å². The summed E-state index contributed by atoms with van der Waals surface area (Å²) in [5, 5.41) is 9.22. The molecule has 1 aromatic carbocycles. The Bertz CT molecular complexity index is 578. The van der Waals surface area contributed by atoms with Gasteiger partial charge in [-0.05, 0) is 37.2 Å². The zero-order valence-electron chi connectivity index (χ0n) is 14.6. The van der Waals surface area contributed by atoms with Gasteiger partial charge in [0.05, 0.1) is 6.16 Å². The highest BCUT2D eigenvalue weighted by Crippen LogP contribution is 2.44. The quantitative estimate of drug-likeness (QED) is 0.343. The highest BCUT2D eigenvalue weighted by Gasteiger charge is 2.24. The Kier molecular flexibility index (Phi) is 9.02. The molecule has 0 spiro atoms. The molecule has 1 unspecified atom stereocenters. The van der Waals surface area contributed by atoms with Crippen LogP contribution in [0.3, 0.4) is 0 Å². The Labute approximate surface area is 145 Å². The van der Waals surface area contributed by atoms with E-state index in [0.717, 1.165) is 25.7 Å². The SMILES string of the molecule is CC(C)CP(=O)(O)C/C(=C\CCCCCc1ccccc1)C(=O)O. The number of rotatable bonds is 11. The van der Waals surface area contributed by atoms with Crippen molar-refractivity contribution in [3.8, 4) is 0 Å². The number of allylic oxidation sites excluding steroid dienone is 1. The second-order valence-corrected chi connectivity index (χ2v) is 9.07. The molecule has 0 amide bonds.